The molecule has 1 amide bonds. The predicted molar refractivity (Wildman–Crippen MR) is 76.8 cm³/mol. The minimum Gasteiger partial charge on any atom is -0.388 e. The molecule has 0 saturated carbocycles. The molecule has 1 aliphatic heterocycles. The molecule has 1 aromatic rings. The van der Waals surface area contributed by atoms with Crippen molar-refractivity contribution in [3.8, 4) is 0 Å². The molecule has 1 unspecified atom stereocenters. The summed E-state index contributed by atoms with van der Waals surface area (Å²) in [6.45, 7) is 2.13. The van der Waals surface area contributed by atoms with E-state index in [2.05, 4.69) is 15.2 Å². The lowest BCUT2D eigenvalue weighted by molar-refractivity contribution is -0.128. The zero-order valence-corrected chi connectivity index (χ0v) is 11.8. The van der Waals surface area contributed by atoms with Crippen LogP contribution < -0.4 is 11.1 Å². The number of amides is 1. The third kappa shape index (κ3) is 3.91. The van der Waals surface area contributed by atoms with Gasteiger partial charge in [0.2, 0.25) is 5.91 Å². The third-order valence-electron chi connectivity index (χ3n) is 3.65. The number of anilines is 1. The number of nitrogens with one attached hydrogen (secondary N) is 1. The number of β-amino-alcohol motifs (C(OH)–C–C–N with tert-alkyl or cyclic N) is 1. The van der Waals surface area contributed by atoms with Crippen LogP contribution >= 0.6 is 0 Å². The van der Waals surface area contributed by atoms with Gasteiger partial charge in [-0.2, -0.15) is 0 Å². The van der Waals surface area contributed by atoms with Crippen LogP contribution in [0.4, 0.5) is 5.82 Å². The molecule has 6 heteroatoms. The van der Waals surface area contributed by atoms with Crippen LogP contribution in [0.5, 0.6) is 0 Å². The van der Waals surface area contributed by atoms with Crippen LogP contribution in [0, 0.1) is 0 Å². The maximum atomic E-state index is 11.5. The average Bonchev–Trinajstić information content (AvgIpc) is 2.38. The fraction of sp³-hybridized carbons (Fsp3) is 0.571. The molecule has 1 atom stereocenters. The number of carbonyl (C=O) groups excluding carboxylic acids is 1. The topological polar surface area (TPSA) is 91.5 Å². The standard InChI is InChI=1S/C14H22N4O2/c1-16-13(19)8-14(20)4-2-6-18(10-14)9-11-3-5-17-12(15)7-11/h3,5,7,20H,2,4,6,8-10H2,1H3,(H2,15,17)(H,16,19). The van der Waals surface area contributed by atoms with E-state index in [1.165, 1.54) is 0 Å². The van der Waals surface area contributed by atoms with Crippen LogP contribution in [0.15, 0.2) is 18.3 Å². The summed E-state index contributed by atoms with van der Waals surface area (Å²) in [6, 6.07) is 3.76. The number of aliphatic hydroxyl groups is 1. The first kappa shape index (κ1) is 14.7. The van der Waals surface area contributed by atoms with E-state index in [1.54, 1.807) is 13.2 Å². The van der Waals surface area contributed by atoms with E-state index in [0.717, 1.165) is 18.5 Å². The first-order chi connectivity index (χ1) is 9.50. The van der Waals surface area contributed by atoms with Gasteiger partial charge in [0.1, 0.15) is 5.82 Å². The fourth-order valence-corrected chi connectivity index (χ4v) is 2.72. The summed E-state index contributed by atoms with van der Waals surface area (Å²) in [7, 11) is 1.59. The van der Waals surface area contributed by atoms with Crippen molar-refractivity contribution in [3.05, 3.63) is 23.9 Å². The second-order valence-corrected chi connectivity index (χ2v) is 5.48. The van der Waals surface area contributed by atoms with Gasteiger partial charge in [-0.15, -0.1) is 0 Å². The number of rotatable bonds is 4. The molecule has 0 aliphatic carbocycles. The Labute approximate surface area is 119 Å². The highest BCUT2D eigenvalue weighted by atomic mass is 16.3. The minimum atomic E-state index is -0.934. The van der Waals surface area contributed by atoms with Crippen molar-refractivity contribution >= 4 is 11.7 Å². The monoisotopic (exact) mass is 278 g/mol. The summed E-state index contributed by atoms with van der Waals surface area (Å²) >= 11 is 0. The van der Waals surface area contributed by atoms with E-state index in [-0.39, 0.29) is 12.3 Å². The molecule has 6 nitrogen and oxygen atoms in total. The van der Waals surface area contributed by atoms with Crippen molar-refractivity contribution in [3.63, 3.8) is 0 Å². The Kier molecular flexibility index (Phi) is 4.57. The Hall–Kier alpha value is -1.66. The number of hydrogen-bond donors (Lipinski definition) is 3. The van der Waals surface area contributed by atoms with Gasteiger partial charge in [-0.1, -0.05) is 0 Å². The van der Waals surface area contributed by atoms with Crippen LogP contribution in [-0.4, -0.2) is 46.6 Å². The van der Waals surface area contributed by atoms with E-state index in [4.69, 9.17) is 5.73 Å². The molecule has 4 N–H and O–H groups in total. The van der Waals surface area contributed by atoms with E-state index in [1.807, 2.05) is 12.1 Å². The molecular formula is C14H22N4O2. The van der Waals surface area contributed by atoms with Crippen molar-refractivity contribution < 1.29 is 9.90 Å². The van der Waals surface area contributed by atoms with Gasteiger partial charge in [-0.05, 0) is 37.1 Å². The lowest BCUT2D eigenvalue weighted by Gasteiger charge is -2.38. The minimum absolute atomic E-state index is 0.123. The zero-order valence-electron chi connectivity index (χ0n) is 11.8. The van der Waals surface area contributed by atoms with E-state index in [9.17, 15) is 9.90 Å². The van der Waals surface area contributed by atoms with Gasteiger partial charge in [-0.3, -0.25) is 9.69 Å². The van der Waals surface area contributed by atoms with Gasteiger partial charge in [-0.25, -0.2) is 4.98 Å². The molecule has 0 bridgehead atoms. The average molecular weight is 278 g/mol. The number of aromatic nitrogens is 1. The van der Waals surface area contributed by atoms with E-state index in [0.29, 0.717) is 25.3 Å². The second kappa shape index (κ2) is 6.19. The number of nitrogens with zero attached hydrogens (tertiary/aromatic N) is 2. The number of pyridine rings is 1. The number of piperidine rings is 1. The normalized spacial score (nSPS) is 23.5. The number of likely N-dealkylation sites (tertiary alicyclic amines) is 1. The van der Waals surface area contributed by atoms with Crippen LogP contribution in [0.3, 0.4) is 0 Å². The largest absolute Gasteiger partial charge is 0.388 e. The van der Waals surface area contributed by atoms with Gasteiger partial charge in [0.25, 0.3) is 0 Å². The van der Waals surface area contributed by atoms with Crippen LogP contribution in [0.1, 0.15) is 24.8 Å². The van der Waals surface area contributed by atoms with Crippen molar-refractivity contribution in [2.24, 2.45) is 0 Å². The molecule has 1 fully saturated rings. The number of nitrogen functional groups attached to an aromatic ring is 1. The highest BCUT2D eigenvalue weighted by Crippen LogP contribution is 2.25. The lowest BCUT2D eigenvalue weighted by atomic mass is 9.89. The van der Waals surface area contributed by atoms with Crippen molar-refractivity contribution in [2.75, 3.05) is 25.9 Å². The molecule has 1 aliphatic rings. The Balaban J connectivity index is 1.98. The summed E-state index contributed by atoms with van der Waals surface area (Å²) in [5.74, 6) is 0.377. The Bertz CT molecular complexity index is 480. The summed E-state index contributed by atoms with van der Waals surface area (Å²) < 4.78 is 0. The van der Waals surface area contributed by atoms with Crippen LogP contribution in [0.25, 0.3) is 0 Å². The van der Waals surface area contributed by atoms with E-state index < -0.39 is 5.60 Å². The van der Waals surface area contributed by atoms with Crippen molar-refractivity contribution in [2.45, 2.75) is 31.4 Å². The predicted octanol–water partition coefficient (Wildman–Crippen LogP) is 0.127. The summed E-state index contributed by atoms with van der Waals surface area (Å²) in [5.41, 5.74) is 5.81. The molecule has 20 heavy (non-hydrogen) atoms. The summed E-state index contributed by atoms with van der Waals surface area (Å²) in [5, 5.41) is 13.1. The van der Waals surface area contributed by atoms with Gasteiger partial charge in [0.05, 0.1) is 12.0 Å². The molecule has 110 valence electrons. The molecule has 2 heterocycles. The van der Waals surface area contributed by atoms with Crippen LogP contribution in [-0.2, 0) is 11.3 Å². The van der Waals surface area contributed by atoms with Gasteiger partial charge in [0.15, 0.2) is 0 Å². The van der Waals surface area contributed by atoms with Crippen LogP contribution in [0.2, 0.25) is 0 Å². The van der Waals surface area contributed by atoms with E-state index >= 15 is 0 Å². The lowest BCUT2D eigenvalue weighted by Crippen LogP contribution is -2.49. The molecular weight excluding hydrogens is 256 g/mol. The van der Waals surface area contributed by atoms with Crippen molar-refractivity contribution in [1.82, 2.24) is 15.2 Å². The molecule has 0 aromatic carbocycles. The zero-order chi connectivity index (χ0) is 14.6. The highest BCUT2D eigenvalue weighted by Gasteiger charge is 2.35. The third-order valence-corrected chi connectivity index (χ3v) is 3.65. The quantitative estimate of drug-likeness (QED) is 0.728. The highest BCUT2D eigenvalue weighted by molar-refractivity contribution is 5.76. The summed E-state index contributed by atoms with van der Waals surface area (Å²) in [4.78, 5) is 17.6. The molecule has 0 spiro atoms. The smallest absolute Gasteiger partial charge is 0.222 e. The van der Waals surface area contributed by atoms with Crippen molar-refractivity contribution in [1.29, 1.82) is 0 Å². The Morgan fingerprint density at radius 2 is 2.45 bits per heavy atom. The second-order valence-electron chi connectivity index (χ2n) is 5.48. The Morgan fingerprint density at radius 3 is 3.15 bits per heavy atom. The SMILES string of the molecule is CNC(=O)CC1(O)CCCN(Cc2ccnc(N)c2)C1. The number of nitrogens with two attached hydrogens (primary N) is 1. The number of hydrogen-bond acceptors (Lipinski definition) is 5. The molecule has 1 saturated heterocycles. The summed E-state index contributed by atoms with van der Waals surface area (Å²) in [6.07, 6.45) is 3.38. The van der Waals surface area contributed by atoms with Gasteiger partial charge < -0.3 is 16.2 Å². The molecule has 0 radical (unpaired) electrons. The molecule has 1 aromatic heterocycles. The maximum Gasteiger partial charge on any atom is 0.222 e. The first-order valence-electron chi connectivity index (χ1n) is 6.86. The maximum absolute atomic E-state index is 11.5. The van der Waals surface area contributed by atoms with Gasteiger partial charge in [0, 0.05) is 26.3 Å². The Morgan fingerprint density at radius 1 is 1.65 bits per heavy atom. The first-order valence-corrected chi connectivity index (χ1v) is 6.86. The molecule has 2 rings (SSSR count). The van der Waals surface area contributed by atoms with Gasteiger partial charge >= 0.3 is 0 Å². The number of carbonyl (C=O) groups is 1. The fourth-order valence-electron chi connectivity index (χ4n) is 2.72.